The average Bonchev–Trinajstić information content (AvgIpc) is 2.91. The summed E-state index contributed by atoms with van der Waals surface area (Å²) in [4.78, 5) is 35.0. The Bertz CT molecular complexity index is 550. The van der Waals surface area contributed by atoms with Gasteiger partial charge in [-0.1, -0.05) is 37.6 Å². The van der Waals surface area contributed by atoms with Crippen LogP contribution in [0, 0.1) is 0 Å². The third kappa shape index (κ3) is 4.41. The second-order valence-corrected chi connectivity index (χ2v) is 5.45. The van der Waals surface area contributed by atoms with Gasteiger partial charge in [0.2, 0.25) is 5.91 Å². The third-order valence-corrected chi connectivity index (χ3v) is 3.66. The number of aryl methyl sites for hydroxylation is 1. The maximum absolute atomic E-state index is 12.0. The number of esters is 1. The molecule has 0 bridgehead atoms. The number of nitrogens with one attached hydrogen (secondary N) is 1. The van der Waals surface area contributed by atoms with E-state index in [2.05, 4.69) is 12.2 Å². The van der Waals surface area contributed by atoms with Gasteiger partial charge in [0.15, 0.2) is 5.78 Å². The molecule has 1 saturated heterocycles. The molecule has 1 N–H and O–H groups in total. The first-order chi connectivity index (χ1) is 10.6. The zero-order chi connectivity index (χ0) is 15.9. The maximum Gasteiger partial charge on any atom is 0.328 e. The van der Waals surface area contributed by atoms with E-state index in [1.54, 1.807) is 12.1 Å². The molecule has 0 unspecified atom stereocenters. The Hall–Kier alpha value is -2.17. The van der Waals surface area contributed by atoms with Gasteiger partial charge in [0.25, 0.3) is 0 Å². The zero-order valence-corrected chi connectivity index (χ0v) is 12.8. The second-order valence-electron chi connectivity index (χ2n) is 5.45. The Morgan fingerprint density at radius 1 is 1.23 bits per heavy atom. The van der Waals surface area contributed by atoms with Crippen molar-refractivity contribution in [2.45, 2.75) is 45.1 Å². The number of ketones is 1. The first-order valence-corrected chi connectivity index (χ1v) is 7.68. The number of cyclic esters (lactones) is 1. The monoisotopic (exact) mass is 303 g/mol. The van der Waals surface area contributed by atoms with E-state index < -0.39 is 12.0 Å². The number of hydrogen-bond donors (Lipinski definition) is 1. The van der Waals surface area contributed by atoms with Gasteiger partial charge in [0.1, 0.15) is 6.04 Å². The summed E-state index contributed by atoms with van der Waals surface area (Å²) < 4.78 is 4.77. The molecular weight excluding hydrogens is 282 g/mol. The Morgan fingerprint density at radius 2 is 1.95 bits per heavy atom. The van der Waals surface area contributed by atoms with Crippen LogP contribution in [-0.4, -0.2) is 30.3 Å². The normalized spacial score (nSPS) is 17.1. The largest absolute Gasteiger partial charge is 0.464 e. The summed E-state index contributed by atoms with van der Waals surface area (Å²) >= 11 is 0. The van der Waals surface area contributed by atoms with Crippen LogP contribution < -0.4 is 5.32 Å². The summed E-state index contributed by atoms with van der Waals surface area (Å²) in [5.74, 6) is -0.752. The molecule has 2 rings (SSSR count). The van der Waals surface area contributed by atoms with Crippen molar-refractivity contribution in [3.63, 3.8) is 0 Å². The Balaban J connectivity index is 1.79. The molecule has 1 aliphatic heterocycles. The minimum atomic E-state index is -0.559. The van der Waals surface area contributed by atoms with Crippen molar-refractivity contribution in [2.75, 3.05) is 6.61 Å². The van der Waals surface area contributed by atoms with Crippen LogP contribution in [0.1, 0.15) is 48.5 Å². The molecule has 1 amide bonds. The van der Waals surface area contributed by atoms with Gasteiger partial charge in [-0.3, -0.25) is 9.59 Å². The van der Waals surface area contributed by atoms with Crippen LogP contribution in [-0.2, 0) is 20.7 Å². The van der Waals surface area contributed by atoms with Crippen molar-refractivity contribution in [1.29, 1.82) is 0 Å². The number of rotatable bonds is 7. The van der Waals surface area contributed by atoms with Crippen LogP contribution >= 0.6 is 0 Å². The van der Waals surface area contributed by atoms with E-state index in [1.165, 1.54) is 5.56 Å². The molecule has 1 aliphatic rings. The molecule has 5 heteroatoms. The number of amides is 1. The fourth-order valence-corrected chi connectivity index (χ4v) is 2.41. The van der Waals surface area contributed by atoms with Crippen molar-refractivity contribution >= 4 is 17.7 Å². The molecule has 1 aromatic carbocycles. The van der Waals surface area contributed by atoms with Crippen LogP contribution in [0.4, 0.5) is 0 Å². The number of carbonyl (C=O) groups excluding carboxylic acids is 3. The van der Waals surface area contributed by atoms with Crippen molar-refractivity contribution in [3.05, 3.63) is 35.4 Å². The van der Waals surface area contributed by atoms with Crippen molar-refractivity contribution in [1.82, 2.24) is 5.32 Å². The van der Waals surface area contributed by atoms with E-state index >= 15 is 0 Å². The fraction of sp³-hybridized carbons (Fsp3) is 0.471. The van der Waals surface area contributed by atoms with E-state index in [4.69, 9.17) is 4.74 Å². The summed E-state index contributed by atoms with van der Waals surface area (Å²) in [6.07, 6.45) is 2.78. The number of benzene rings is 1. The summed E-state index contributed by atoms with van der Waals surface area (Å²) in [5.41, 5.74) is 1.82. The predicted octanol–water partition coefficient (Wildman–Crippen LogP) is 2.03. The van der Waals surface area contributed by atoms with Crippen LogP contribution in [0.15, 0.2) is 24.3 Å². The molecule has 0 radical (unpaired) electrons. The molecule has 1 atom stereocenters. The van der Waals surface area contributed by atoms with Gasteiger partial charge in [-0.25, -0.2) is 4.79 Å². The van der Waals surface area contributed by atoms with Gasteiger partial charge >= 0.3 is 5.97 Å². The summed E-state index contributed by atoms with van der Waals surface area (Å²) in [5, 5.41) is 2.60. The summed E-state index contributed by atoms with van der Waals surface area (Å²) in [7, 11) is 0. The third-order valence-electron chi connectivity index (χ3n) is 3.66. The molecule has 1 aromatic rings. The minimum Gasteiger partial charge on any atom is -0.464 e. The molecule has 0 aromatic heterocycles. The topological polar surface area (TPSA) is 72.5 Å². The van der Waals surface area contributed by atoms with Crippen molar-refractivity contribution in [2.24, 2.45) is 0 Å². The Morgan fingerprint density at radius 3 is 2.55 bits per heavy atom. The van der Waals surface area contributed by atoms with Gasteiger partial charge in [0.05, 0.1) is 6.61 Å². The van der Waals surface area contributed by atoms with Gasteiger partial charge < -0.3 is 10.1 Å². The molecular formula is C17H21NO4. The van der Waals surface area contributed by atoms with Crippen molar-refractivity contribution in [3.8, 4) is 0 Å². The minimum absolute atomic E-state index is 0.0628. The number of ether oxygens (including phenoxy) is 1. The van der Waals surface area contributed by atoms with E-state index in [1.807, 2.05) is 12.1 Å². The van der Waals surface area contributed by atoms with Crippen LogP contribution in [0.2, 0.25) is 0 Å². The second kappa shape index (κ2) is 7.73. The van der Waals surface area contributed by atoms with Crippen molar-refractivity contribution < 1.29 is 19.1 Å². The van der Waals surface area contributed by atoms with Gasteiger partial charge in [-0.05, 0) is 12.0 Å². The maximum atomic E-state index is 12.0. The summed E-state index contributed by atoms with van der Waals surface area (Å²) in [6.45, 7) is 2.45. The van der Waals surface area contributed by atoms with Gasteiger partial charge in [0, 0.05) is 24.8 Å². The predicted molar refractivity (Wildman–Crippen MR) is 81.5 cm³/mol. The molecule has 5 nitrogen and oxygen atoms in total. The summed E-state index contributed by atoms with van der Waals surface area (Å²) in [6, 6.07) is 6.95. The molecule has 22 heavy (non-hydrogen) atoms. The highest BCUT2D eigenvalue weighted by atomic mass is 16.5. The van der Waals surface area contributed by atoms with E-state index in [-0.39, 0.29) is 24.5 Å². The van der Waals surface area contributed by atoms with E-state index in [9.17, 15) is 14.4 Å². The highest BCUT2D eigenvalue weighted by molar-refractivity contribution is 5.98. The van der Waals surface area contributed by atoms with Gasteiger partial charge in [-0.2, -0.15) is 0 Å². The van der Waals surface area contributed by atoms with Crippen LogP contribution in [0.5, 0.6) is 0 Å². The van der Waals surface area contributed by atoms with E-state index in [0.717, 1.165) is 12.8 Å². The van der Waals surface area contributed by atoms with Crippen LogP contribution in [0.3, 0.4) is 0 Å². The lowest BCUT2D eigenvalue weighted by Crippen LogP contribution is -2.37. The number of hydrogen-bond acceptors (Lipinski definition) is 4. The lowest BCUT2D eigenvalue weighted by atomic mass is 10.0. The van der Waals surface area contributed by atoms with Crippen LogP contribution in [0.25, 0.3) is 0 Å². The quantitative estimate of drug-likeness (QED) is 0.618. The molecule has 1 heterocycles. The fourth-order valence-electron chi connectivity index (χ4n) is 2.41. The average molecular weight is 303 g/mol. The molecule has 0 aliphatic carbocycles. The highest BCUT2D eigenvalue weighted by Crippen LogP contribution is 2.11. The smallest absolute Gasteiger partial charge is 0.328 e. The Labute approximate surface area is 130 Å². The highest BCUT2D eigenvalue weighted by Gasteiger charge is 2.27. The number of Topliss-reactive ketones (excluding diaryl/α,β-unsaturated/α-hetero) is 1. The first kappa shape index (κ1) is 16.2. The van der Waals surface area contributed by atoms with E-state index in [0.29, 0.717) is 18.6 Å². The molecule has 1 fully saturated rings. The first-order valence-electron chi connectivity index (χ1n) is 7.68. The Kier molecular flexibility index (Phi) is 5.69. The standard InChI is InChI=1S/C17H21NO4/c1-2-3-12-4-6-13(7-5-12)15(19)8-9-16(20)18-14-10-11-22-17(14)21/h4-7,14H,2-3,8-11H2,1H3,(H,18,20)/t14-/m0/s1. The molecule has 0 saturated carbocycles. The zero-order valence-electron chi connectivity index (χ0n) is 12.8. The van der Waals surface area contributed by atoms with Gasteiger partial charge in [-0.15, -0.1) is 0 Å². The lowest BCUT2D eigenvalue weighted by molar-refractivity contribution is -0.141. The lowest BCUT2D eigenvalue weighted by Gasteiger charge is -2.08. The molecule has 118 valence electrons. The number of carbonyl (C=O) groups is 3. The molecule has 0 spiro atoms. The SMILES string of the molecule is CCCc1ccc(C(=O)CCC(=O)N[C@H]2CCOC2=O)cc1.